The average Bonchev–Trinajstić information content (AvgIpc) is 4.13. The second-order valence-electron chi connectivity index (χ2n) is 23.4. The number of para-hydroxylation sites is 1. The summed E-state index contributed by atoms with van der Waals surface area (Å²) in [5, 5.41) is 11.8. The van der Waals surface area contributed by atoms with Crippen molar-refractivity contribution in [2.24, 2.45) is 13.0 Å². The maximum atomic E-state index is 14.2. The van der Waals surface area contributed by atoms with Crippen molar-refractivity contribution in [1.82, 2.24) is 30.0 Å². The normalized spacial score (nSPS) is 19.4. The van der Waals surface area contributed by atoms with Gasteiger partial charge in [0.2, 0.25) is 11.8 Å². The van der Waals surface area contributed by atoms with E-state index in [9.17, 15) is 19.2 Å². The fourth-order valence-corrected chi connectivity index (χ4v) is 13.0. The minimum atomic E-state index is -0.736. The van der Waals surface area contributed by atoms with Gasteiger partial charge in [0.25, 0.3) is 5.91 Å². The molecule has 3 fully saturated rings. The van der Waals surface area contributed by atoms with Crippen molar-refractivity contribution in [1.29, 1.82) is 0 Å². The van der Waals surface area contributed by atoms with Gasteiger partial charge in [-0.1, -0.05) is 47.7 Å². The first-order valence-electron chi connectivity index (χ1n) is 27.8. The van der Waals surface area contributed by atoms with Crippen molar-refractivity contribution in [3.05, 3.63) is 125 Å². The van der Waals surface area contributed by atoms with Gasteiger partial charge in [0, 0.05) is 80.5 Å². The molecule has 7 aromatic rings. The number of carbonyl (C=O) groups excluding carboxylic acids is 4. The summed E-state index contributed by atoms with van der Waals surface area (Å²) in [6.07, 6.45) is 8.19. The lowest BCUT2D eigenvalue weighted by Crippen LogP contribution is -2.54. The van der Waals surface area contributed by atoms with Crippen molar-refractivity contribution < 1.29 is 28.7 Å². The molecule has 16 heteroatoms. The largest absolute Gasteiger partial charge is 0.490 e. The number of carbonyl (C=O) groups is 4. The first kappa shape index (κ1) is 52.9. The molecule has 78 heavy (non-hydrogen) atoms. The van der Waals surface area contributed by atoms with Crippen LogP contribution >= 0.6 is 11.3 Å². The first-order valence-corrected chi connectivity index (χ1v) is 28.6. The van der Waals surface area contributed by atoms with Crippen LogP contribution < -0.4 is 25.2 Å². The second kappa shape index (κ2) is 21.6. The van der Waals surface area contributed by atoms with Crippen LogP contribution in [0.1, 0.15) is 135 Å². The van der Waals surface area contributed by atoms with Gasteiger partial charge < -0.3 is 19.3 Å². The molecule has 1 saturated carbocycles. The molecular weight excluding hydrogens is 999 g/mol. The monoisotopic (exact) mass is 1070 g/mol. The highest BCUT2D eigenvalue weighted by Gasteiger charge is 2.35. The number of piperidine rings is 1. The molecule has 3 aliphatic heterocycles. The number of esters is 1. The van der Waals surface area contributed by atoms with Gasteiger partial charge in [-0.05, 0) is 176 Å². The van der Waals surface area contributed by atoms with Crippen LogP contribution in [0, 0.1) is 12.8 Å². The fourth-order valence-electron chi connectivity index (χ4n) is 12.1. The number of amides is 3. The van der Waals surface area contributed by atoms with Crippen LogP contribution in [-0.2, 0) is 34.3 Å². The number of piperazine rings is 1. The van der Waals surface area contributed by atoms with Crippen molar-refractivity contribution in [3.63, 3.8) is 0 Å². The zero-order chi connectivity index (χ0) is 54.5. The van der Waals surface area contributed by atoms with Gasteiger partial charge in [-0.3, -0.25) is 34.6 Å². The molecule has 1 aliphatic carbocycles. The molecule has 6 heterocycles. The van der Waals surface area contributed by atoms with Crippen molar-refractivity contribution in [3.8, 4) is 16.9 Å². The predicted molar refractivity (Wildman–Crippen MR) is 308 cm³/mol. The highest BCUT2D eigenvalue weighted by atomic mass is 32.1. The summed E-state index contributed by atoms with van der Waals surface area (Å²) in [5.74, 6) is 0.513. The lowest BCUT2D eigenvalue weighted by Gasteiger charge is -2.45. The summed E-state index contributed by atoms with van der Waals surface area (Å²) in [4.78, 5) is 69.4. The number of imide groups is 1. The molecule has 3 aromatic heterocycles. The molecule has 0 spiro atoms. The smallest absolute Gasteiger partial charge is 0.358 e. The predicted octanol–water partition coefficient (Wildman–Crippen LogP) is 11.2. The van der Waals surface area contributed by atoms with Crippen molar-refractivity contribution in [2.75, 3.05) is 47.8 Å². The summed E-state index contributed by atoms with van der Waals surface area (Å²) in [5.41, 5.74) is 8.48. The molecule has 1 atom stereocenters. The number of pyridine rings is 1. The number of nitrogens with zero attached hydrogens (tertiary/aromatic N) is 7. The van der Waals surface area contributed by atoms with Crippen LogP contribution in [0.4, 0.5) is 16.6 Å². The van der Waals surface area contributed by atoms with Gasteiger partial charge in [0.1, 0.15) is 17.2 Å². The molecule has 0 radical (unpaired) electrons. The van der Waals surface area contributed by atoms with Crippen molar-refractivity contribution in [2.45, 2.75) is 129 Å². The molecule has 11 rings (SSSR count). The molecule has 0 bridgehead atoms. The number of aromatic nitrogens is 4. The lowest BCUT2D eigenvalue weighted by molar-refractivity contribution is -0.134. The lowest BCUT2D eigenvalue weighted by atomic mass is 9.81. The molecule has 2 N–H and O–H groups in total. The number of hydrogen-bond donors (Lipinski definition) is 2. The van der Waals surface area contributed by atoms with E-state index in [0.29, 0.717) is 60.3 Å². The minimum Gasteiger partial charge on any atom is -0.490 e. The Hall–Kier alpha value is -7.17. The maximum absolute atomic E-state index is 14.2. The first-order chi connectivity index (χ1) is 37.4. The summed E-state index contributed by atoms with van der Waals surface area (Å²) in [7, 11) is 1.93. The Balaban J connectivity index is 0.707. The van der Waals surface area contributed by atoms with Crippen LogP contribution in [0.5, 0.6) is 5.75 Å². The highest BCUT2D eigenvalue weighted by Crippen LogP contribution is 2.39. The zero-order valence-corrected chi connectivity index (χ0v) is 46.8. The van der Waals surface area contributed by atoms with E-state index in [-0.39, 0.29) is 35.1 Å². The van der Waals surface area contributed by atoms with E-state index in [4.69, 9.17) is 19.6 Å². The highest BCUT2D eigenvalue weighted by molar-refractivity contribution is 7.22. The number of anilines is 3. The Labute approximate surface area is 460 Å². The Morgan fingerprint density at radius 2 is 1.59 bits per heavy atom. The average molecular weight is 1070 g/mol. The van der Waals surface area contributed by atoms with Gasteiger partial charge in [-0.25, -0.2) is 14.8 Å². The van der Waals surface area contributed by atoms with Gasteiger partial charge in [-0.15, -0.1) is 0 Å². The Bertz CT molecular complexity index is 3400. The molecule has 1 unspecified atom stereocenters. The molecule has 4 aliphatic rings. The summed E-state index contributed by atoms with van der Waals surface area (Å²) in [6.45, 7) is 17.4. The number of rotatable bonds is 13. The fraction of sp³-hybridized carbons (Fsp3) is 0.435. The van der Waals surface area contributed by atoms with E-state index >= 15 is 0 Å². The molecule has 406 valence electrons. The quantitative estimate of drug-likeness (QED) is 0.0831. The molecule has 3 amide bonds. The molecule has 4 aromatic carbocycles. The SMILES string of the molecule is Cc1c(O[C@H]2CC[C@H](CCC(C)(C)N3CCN(c4ccc5c(C6CCC(=O)NC6=O)nn(C)c5c4)CC3)CC2)cccc1-c1ccc(N2CCc3cccc(C(=O)Nc4nc5ccccc5s4)c3C2)nc1C(=O)OC(C)(C)C. The van der Waals surface area contributed by atoms with Gasteiger partial charge in [-0.2, -0.15) is 5.10 Å². The second-order valence-corrected chi connectivity index (χ2v) is 24.4. The summed E-state index contributed by atoms with van der Waals surface area (Å²) < 4.78 is 15.7. The standard InChI is InChI=1S/C62H71N9O6S/c1-38-43(44-24-26-53(64-56(44)59(75)77-61(2,3)4)70-31-29-40-12-10-14-45(48(40)37-70)57(73)66-60-63-49-15-8-9-17-52(49)78-60)13-11-16-51(38)76-42-21-18-39(19-22-42)28-30-62(5,6)71-34-32-69(33-35-71)41-20-23-46-50(36-41)68(7)67-55(46)47-25-27-54(72)65-58(47)74/h8-17,20,23-24,26,36,39,42,47H,18-19,21-22,25,27-35,37H2,1-7H3,(H,63,66,73)(H,65,72,74)/t39-,42-,47?. The number of nitrogens with one attached hydrogen (secondary N) is 2. The Kier molecular flexibility index (Phi) is 14.6. The van der Waals surface area contributed by atoms with Gasteiger partial charge in [0.15, 0.2) is 10.8 Å². The zero-order valence-electron chi connectivity index (χ0n) is 46.0. The van der Waals surface area contributed by atoms with Gasteiger partial charge >= 0.3 is 5.97 Å². The van der Waals surface area contributed by atoms with E-state index in [1.807, 2.05) is 99.2 Å². The number of aryl methyl sites for hydroxylation is 1. The maximum Gasteiger partial charge on any atom is 0.358 e. The number of thiazole rings is 1. The molecular formula is C62H71N9O6S. The number of ether oxygens (including phenoxy) is 2. The van der Waals surface area contributed by atoms with Crippen LogP contribution in [-0.4, -0.2) is 98.3 Å². The third kappa shape index (κ3) is 11.1. The number of fused-ring (bicyclic) bond motifs is 3. The minimum absolute atomic E-state index is 0.0741. The van der Waals surface area contributed by atoms with E-state index in [2.05, 4.69) is 75.4 Å². The third-order valence-electron chi connectivity index (χ3n) is 16.6. The topological polar surface area (TPSA) is 164 Å². The van der Waals surface area contributed by atoms with E-state index in [1.54, 1.807) is 0 Å². The third-order valence-corrected chi connectivity index (χ3v) is 17.5. The summed E-state index contributed by atoms with van der Waals surface area (Å²) >= 11 is 1.45. The number of hydrogen-bond acceptors (Lipinski definition) is 13. The molecule has 15 nitrogen and oxygen atoms in total. The number of benzene rings is 4. The molecule has 2 saturated heterocycles. The Morgan fingerprint density at radius 3 is 2.36 bits per heavy atom. The van der Waals surface area contributed by atoms with Gasteiger partial charge in [0.05, 0.1) is 33.4 Å². The van der Waals surface area contributed by atoms with Crippen LogP contribution in [0.25, 0.3) is 32.2 Å². The van der Waals surface area contributed by atoms with E-state index in [0.717, 1.165) is 119 Å². The van der Waals surface area contributed by atoms with Crippen LogP contribution in [0.3, 0.4) is 0 Å². The Morgan fingerprint density at radius 1 is 0.808 bits per heavy atom. The van der Waals surface area contributed by atoms with E-state index in [1.165, 1.54) is 17.8 Å². The van der Waals surface area contributed by atoms with Crippen molar-refractivity contribution >= 4 is 72.8 Å². The van der Waals surface area contributed by atoms with Crippen LogP contribution in [0.2, 0.25) is 0 Å². The summed E-state index contributed by atoms with van der Waals surface area (Å²) in [6, 6.07) is 30.2. The van der Waals surface area contributed by atoms with Crippen LogP contribution in [0.15, 0.2) is 91.0 Å². The van der Waals surface area contributed by atoms with E-state index < -0.39 is 17.5 Å².